The van der Waals surface area contributed by atoms with Crippen LogP contribution >= 0.6 is 0 Å². The van der Waals surface area contributed by atoms with E-state index in [9.17, 15) is 9.59 Å². The molecule has 1 rings (SSSR count). The Kier molecular flexibility index (Phi) is 2.52. The highest BCUT2D eigenvalue weighted by Gasteiger charge is 2.29. The van der Waals surface area contributed by atoms with Crippen LogP contribution in [0.15, 0.2) is 0 Å². The normalized spacial score (nSPS) is 18.8. The second kappa shape index (κ2) is 3.42. The lowest BCUT2D eigenvalue weighted by Gasteiger charge is -2.19. The Morgan fingerprint density at radius 1 is 1.75 bits per heavy atom. The van der Waals surface area contributed by atoms with E-state index < -0.39 is 6.04 Å². The molecule has 0 aliphatic carbocycles. The standard InChI is InChI=1S/C7H12N2O3/c1-5(6(10)12-2)9-4-3-8-7(9)11/h5H,3-4H2,1-2H3,(H,8,11). The van der Waals surface area contributed by atoms with Crippen molar-refractivity contribution in [1.82, 2.24) is 10.2 Å². The quantitative estimate of drug-likeness (QED) is 0.575. The largest absolute Gasteiger partial charge is 0.467 e. The van der Waals surface area contributed by atoms with E-state index in [2.05, 4.69) is 10.1 Å². The van der Waals surface area contributed by atoms with Gasteiger partial charge in [-0.25, -0.2) is 9.59 Å². The van der Waals surface area contributed by atoms with Crippen LogP contribution in [0.25, 0.3) is 0 Å². The van der Waals surface area contributed by atoms with Crippen LogP contribution < -0.4 is 5.32 Å². The fourth-order valence-electron chi connectivity index (χ4n) is 1.15. The Labute approximate surface area is 70.7 Å². The smallest absolute Gasteiger partial charge is 0.328 e. The first-order valence-electron chi connectivity index (χ1n) is 3.79. The number of methoxy groups -OCH3 is 1. The molecule has 1 atom stereocenters. The number of esters is 1. The number of hydrogen-bond donors (Lipinski definition) is 1. The van der Waals surface area contributed by atoms with Gasteiger partial charge in [0.1, 0.15) is 6.04 Å². The molecule has 0 aromatic heterocycles. The maximum atomic E-state index is 11.0. The van der Waals surface area contributed by atoms with Gasteiger partial charge in [0.05, 0.1) is 7.11 Å². The molecule has 1 heterocycles. The van der Waals surface area contributed by atoms with Crippen LogP contribution in [-0.4, -0.2) is 43.1 Å². The Morgan fingerprint density at radius 3 is 2.83 bits per heavy atom. The average molecular weight is 172 g/mol. The van der Waals surface area contributed by atoms with Gasteiger partial charge >= 0.3 is 12.0 Å². The van der Waals surface area contributed by atoms with Gasteiger partial charge in [0.2, 0.25) is 0 Å². The molecule has 5 nitrogen and oxygen atoms in total. The Morgan fingerprint density at radius 2 is 2.42 bits per heavy atom. The van der Waals surface area contributed by atoms with Gasteiger partial charge < -0.3 is 15.0 Å². The zero-order valence-electron chi connectivity index (χ0n) is 7.16. The SMILES string of the molecule is COC(=O)C(C)N1CCNC1=O. The third-order valence-electron chi connectivity index (χ3n) is 1.90. The highest BCUT2D eigenvalue weighted by molar-refractivity contribution is 5.84. The summed E-state index contributed by atoms with van der Waals surface area (Å²) in [5, 5.41) is 2.61. The highest BCUT2D eigenvalue weighted by atomic mass is 16.5. The summed E-state index contributed by atoms with van der Waals surface area (Å²) in [6.07, 6.45) is 0. The fourth-order valence-corrected chi connectivity index (χ4v) is 1.15. The molecule has 1 fully saturated rings. The lowest BCUT2D eigenvalue weighted by atomic mass is 10.3. The predicted octanol–water partition coefficient (Wildman–Crippen LogP) is -0.427. The summed E-state index contributed by atoms with van der Waals surface area (Å²) in [7, 11) is 1.31. The topological polar surface area (TPSA) is 58.6 Å². The third-order valence-corrected chi connectivity index (χ3v) is 1.90. The fraction of sp³-hybridized carbons (Fsp3) is 0.714. The zero-order chi connectivity index (χ0) is 9.14. The molecule has 0 aromatic rings. The van der Waals surface area contributed by atoms with Crippen LogP contribution in [-0.2, 0) is 9.53 Å². The van der Waals surface area contributed by atoms with Gasteiger partial charge in [-0.3, -0.25) is 0 Å². The maximum Gasteiger partial charge on any atom is 0.328 e. The third kappa shape index (κ3) is 1.49. The van der Waals surface area contributed by atoms with E-state index in [4.69, 9.17) is 0 Å². The van der Waals surface area contributed by atoms with Gasteiger partial charge in [0.15, 0.2) is 0 Å². The lowest BCUT2D eigenvalue weighted by Crippen LogP contribution is -2.41. The molecule has 1 saturated heterocycles. The monoisotopic (exact) mass is 172 g/mol. The van der Waals surface area contributed by atoms with Crippen molar-refractivity contribution in [3.05, 3.63) is 0 Å². The molecule has 1 aliphatic heterocycles. The van der Waals surface area contributed by atoms with Crippen LogP contribution in [0, 0.1) is 0 Å². The van der Waals surface area contributed by atoms with Crippen LogP contribution in [0.3, 0.4) is 0 Å². The van der Waals surface area contributed by atoms with Crippen LogP contribution in [0.1, 0.15) is 6.92 Å². The van der Waals surface area contributed by atoms with E-state index in [-0.39, 0.29) is 12.0 Å². The van der Waals surface area contributed by atoms with Crippen molar-refractivity contribution in [2.45, 2.75) is 13.0 Å². The first-order chi connectivity index (χ1) is 5.66. The number of amides is 2. The van der Waals surface area contributed by atoms with E-state index in [1.54, 1.807) is 6.92 Å². The molecule has 1 aliphatic rings. The van der Waals surface area contributed by atoms with Crippen molar-refractivity contribution < 1.29 is 14.3 Å². The molecule has 0 bridgehead atoms. The van der Waals surface area contributed by atoms with Crippen molar-refractivity contribution in [3.63, 3.8) is 0 Å². The number of urea groups is 1. The van der Waals surface area contributed by atoms with Crippen molar-refractivity contribution >= 4 is 12.0 Å². The van der Waals surface area contributed by atoms with E-state index >= 15 is 0 Å². The van der Waals surface area contributed by atoms with Gasteiger partial charge in [-0.05, 0) is 6.92 Å². The minimum Gasteiger partial charge on any atom is -0.467 e. The highest BCUT2D eigenvalue weighted by Crippen LogP contribution is 2.04. The van der Waals surface area contributed by atoms with Gasteiger partial charge in [-0.15, -0.1) is 0 Å². The summed E-state index contributed by atoms with van der Waals surface area (Å²) in [5.74, 6) is -0.382. The van der Waals surface area contributed by atoms with Crippen molar-refractivity contribution in [2.24, 2.45) is 0 Å². The Balaban J connectivity index is 2.57. The van der Waals surface area contributed by atoms with Gasteiger partial charge in [-0.1, -0.05) is 0 Å². The Hall–Kier alpha value is -1.26. The molecule has 5 heteroatoms. The summed E-state index contributed by atoms with van der Waals surface area (Å²) < 4.78 is 4.51. The number of nitrogens with zero attached hydrogens (tertiary/aromatic N) is 1. The van der Waals surface area contributed by atoms with Crippen LogP contribution in [0.5, 0.6) is 0 Å². The molecule has 0 radical (unpaired) electrons. The zero-order valence-corrected chi connectivity index (χ0v) is 7.16. The lowest BCUT2D eigenvalue weighted by molar-refractivity contribution is -0.144. The maximum absolute atomic E-state index is 11.0. The molecule has 68 valence electrons. The molecule has 0 spiro atoms. The van der Waals surface area contributed by atoms with Crippen molar-refractivity contribution in [3.8, 4) is 0 Å². The van der Waals surface area contributed by atoms with Crippen LogP contribution in [0.4, 0.5) is 4.79 Å². The van der Waals surface area contributed by atoms with Crippen LogP contribution in [0.2, 0.25) is 0 Å². The average Bonchev–Trinajstić information content (AvgIpc) is 2.48. The molecule has 2 amide bonds. The van der Waals surface area contributed by atoms with Gasteiger partial charge in [0.25, 0.3) is 0 Å². The number of carbonyl (C=O) groups is 2. The van der Waals surface area contributed by atoms with E-state index in [1.165, 1.54) is 12.0 Å². The van der Waals surface area contributed by atoms with Gasteiger partial charge in [0, 0.05) is 13.1 Å². The summed E-state index contributed by atoms with van der Waals surface area (Å²) in [5.41, 5.74) is 0. The molecular weight excluding hydrogens is 160 g/mol. The Bertz CT molecular complexity index is 205. The number of rotatable bonds is 2. The van der Waals surface area contributed by atoms with E-state index in [1.807, 2.05) is 0 Å². The minimum atomic E-state index is -0.488. The summed E-state index contributed by atoms with van der Waals surface area (Å²) in [4.78, 5) is 23.5. The van der Waals surface area contributed by atoms with Crippen molar-refractivity contribution in [1.29, 1.82) is 0 Å². The summed E-state index contributed by atoms with van der Waals surface area (Å²) in [6, 6.07) is -0.689. The number of carbonyl (C=O) groups excluding carboxylic acids is 2. The van der Waals surface area contributed by atoms with E-state index in [0.717, 1.165) is 0 Å². The number of ether oxygens (including phenoxy) is 1. The number of hydrogen-bond acceptors (Lipinski definition) is 3. The summed E-state index contributed by atoms with van der Waals surface area (Å²) >= 11 is 0. The van der Waals surface area contributed by atoms with Gasteiger partial charge in [-0.2, -0.15) is 0 Å². The van der Waals surface area contributed by atoms with Crippen molar-refractivity contribution in [2.75, 3.05) is 20.2 Å². The first-order valence-corrected chi connectivity index (χ1v) is 3.79. The van der Waals surface area contributed by atoms with E-state index in [0.29, 0.717) is 13.1 Å². The molecule has 1 N–H and O–H groups in total. The predicted molar refractivity (Wildman–Crippen MR) is 41.6 cm³/mol. The molecule has 1 unspecified atom stereocenters. The molecule has 0 saturated carbocycles. The number of nitrogens with one attached hydrogen (secondary N) is 1. The second-order valence-electron chi connectivity index (χ2n) is 2.62. The summed E-state index contributed by atoms with van der Waals surface area (Å²) in [6.45, 7) is 2.81. The minimum absolute atomic E-state index is 0.201. The first kappa shape index (κ1) is 8.83. The molecule has 0 aromatic carbocycles. The molecular formula is C7H12N2O3. The molecule has 12 heavy (non-hydrogen) atoms. The second-order valence-corrected chi connectivity index (χ2v) is 2.62.